The number of ether oxygens (including phenoxy) is 1. The van der Waals surface area contributed by atoms with E-state index in [9.17, 15) is 14.7 Å². The van der Waals surface area contributed by atoms with Gasteiger partial charge < -0.3 is 24.5 Å². The Morgan fingerprint density at radius 2 is 1.86 bits per heavy atom. The van der Waals surface area contributed by atoms with Crippen LogP contribution in [0.3, 0.4) is 0 Å². The average Bonchev–Trinajstić information content (AvgIpc) is 3.16. The van der Waals surface area contributed by atoms with Crippen molar-refractivity contribution in [2.45, 2.75) is 89.3 Å². The summed E-state index contributed by atoms with van der Waals surface area (Å²) in [7, 11) is 0. The van der Waals surface area contributed by atoms with Crippen LogP contribution in [0.5, 0.6) is 0 Å². The van der Waals surface area contributed by atoms with Gasteiger partial charge in [0.1, 0.15) is 6.10 Å². The van der Waals surface area contributed by atoms with E-state index in [2.05, 4.69) is 19.2 Å². The van der Waals surface area contributed by atoms with Gasteiger partial charge in [0.05, 0.1) is 11.9 Å². The van der Waals surface area contributed by atoms with Gasteiger partial charge in [-0.2, -0.15) is 0 Å². The number of nitrogens with zero attached hydrogens (tertiary/aromatic N) is 1. The second kappa shape index (κ2) is 8.87. The fourth-order valence-corrected chi connectivity index (χ4v) is 9.46. The van der Waals surface area contributed by atoms with E-state index in [-0.39, 0.29) is 34.6 Å². The van der Waals surface area contributed by atoms with Gasteiger partial charge >= 0.3 is 11.7 Å². The van der Waals surface area contributed by atoms with Gasteiger partial charge in [-0.1, -0.05) is 13.8 Å². The largest absolute Gasteiger partial charge is 0.446 e. The Hall–Kier alpha value is -1.86. The Bertz CT molecular complexity index is 1030. The molecule has 36 heavy (non-hydrogen) atoms. The molecule has 8 atom stereocenters. The van der Waals surface area contributed by atoms with Crippen molar-refractivity contribution in [1.82, 2.24) is 10.2 Å². The van der Waals surface area contributed by atoms with E-state index in [0.29, 0.717) is 17.8 Å². The monoisotopic (exact) mass is 498 g/mol. The molecule has 0 radical (unpaired) electrons. The second-order valence-electron chi connectivity index (χ2n) is 12.9. The summed E-state index contributed by atoms with van der Waals surface area (Å²) < 4.78 is 11.2. The number of fused-ring (bicyclic) bond motifs is 5. The summed E-state index contributed by atoms with van der Waals surface area (Å²) >= 11 is 0. The van der Waals surface area contributed by atoms with E-state index < -0.39 is 5.60 Å². The van der Waals surface area contributed by atoms with Crippen LogP contribution in [0.25, 0.3) is 0 Å². The predicted molar refractivity (Wildman–Crippen MR) is 136 cm³/mol. The molecule has 4 aliphatic carbocycles. The number of amides is 1. The maximum atomic E-state index is 12.7. The molecule has 2 heterocycles. The van der Waals surface area contributed by atoms with Crippen LogP contribution in [0.15, 0.2) is 27.6 Å². The van der Waals surface area contributed by atoms with Crippen LogP contribution in [0.1, 0.15) is 83.1 Å². The number of rotatable bonds is 2. The molecule has 1 aromatic rings. The molecule has 0 aromatic carbocycles. The number of nitrogens with one attached hydrogen (secondary N) is 1. The molecule has 7 heteroatoms. The first-order valence-corrected chi connectivity index (χ1v) is 14.2. The SMILES string of the molecule is C[C@]12CC[C@H](OC(=O)N3CCNCC3)C[C@H]1CC[C@@H]1[C@@H]2CC[C@]2(C)[C@@H](c3ccc(=O)oc3)CCC12O. The Morgan fingerprint density at radius 1 is 1.06 bits per heavy atom. The fraction of sp³-hybridized carbons (Fsp3) is 0.793. The minimum Gasteiger partial charge on any atom is -0.446 e. The smallest absolute Gasteiger partial charge is 0.410 e. The van der Waals surface area contributed by atoms with Crippen LogP contribution < -0.4 is 10.9 Å². The Balaban J connectivity index is 1.17. The number of carbonyl (C=O) groups excluding carboxylic acids is 1. The first-order valence-electron chi connectivity index (χ1n) is 14.2. The van der Waals surface area contributed by atoms with Crippen molar-refractivity contribution >= 4 is 6.09 Å². The molecule has 1 saturated heterocycles. The van der Waals surface area contributed by atoms with Crippen LogP contribution in [0.4, 0.5) is 4.79 Å². The number of piperazine rings is 1. The zero-order chi connectivity index (χ0) is 25.1. The number of hydrogen-bond donors (Lipinski definition) is 2. The molecule has 0 bridgehead atoms. The van der Waals surface area contributed by atoms with Crippen LogP contribution in [-0.4, -0.2) is 54.0 Å². The van der Waals surface area contributed by atoms with Crippen molar-refractivity contribution in [3.8, 4) is 0 Å². The average molecular weight is 499 g/mol. The summed E-state index contributed by atoms with van der Waals surface area (Å²) in [6, 6.07) is 3.42. The minimum atomic E-state index is -0.684. The predicted octanol–water partition coefficient (Wildman–Crippen LogP) is 4.29. The lowest BCUT2D eigenvalue weighted by atomic mass is 9.43. The van der Waals surface area contributed by atoms with Gasteiger partial charge in [-0.25, -0.2) is 9.59 Å². The standard InChI is InChI=1S/C29H42N2O5/c1-27-10-7-21(36-26(33)31-15-13-30-14-16-31)17-20(27)4-5-24-23(27)8-11-28(2)22(9-12-29(24,28)34)19-3-6-25(32)35-18-19/h3,6,18,20-24,30,34H,4-5,7-17H2,1-2H3/t20-,21+,22-,23+,24-,27+,28-,29?/m1/s1. The minimum absolute atomic E-state index is 0.0163. The Kier molecular flexibility index (Phi) is 6.03. The number of hydrogen-bond acceptors (Lipinski definition) is 6. The molecule has 0 spiro atoms. The molecule has 7 nitrogen and oxygen atoms in total. The van der Waals surface area contributed by atoms with Crippen molar-refractivity contribution < 1.29 is 19.1 Å². The molecule has 6 rings (SSSR count). The third-order valence-corrected chi connectivity index (χ3v) is 11.6. The van der Waals surface area contributed by atoms with Gasteiger partial charge in [0, 0.05) is 37.7 Å². The molecule has 2 N–H and O–H groups in total. The van der Waals surface area contributed by atoms with Gasteiger partial charge in [0.15, 0.2) is 0 Å². The highest BCUT2D eigenvalue weighted by molar-refractivity contribution is 5.68. The zero-order valence-electron chi connectivity index (χ0n) is 21.8. The third kappa shape index (κ3) is 3.67. The van der Waals surface area contributed by atoms with Crippen molar-refractivity contribution in [3.05, 3.63) is 34.4 Å². The van der Waals surface area contributed by atoms with E-state index in [0.717, 1.165) is 89.5 Å². The second-order valence-corrected chi connectivity index (χ2v) is 12.9. The van der Waals surface area contributed by atoms with Gasteiger partial charge in [-0.3, -0.25) is 0 Å². The Labute approximate surface area is 214 Å². The van der Waals surface area contributed by atoms with Gasteiger partial charge in [-0.05, 0) is 98.5 Å². The molecule has 1 amide bonds. The van der Waals surface area contributed by atoms with Gasteiger partial charge in [0.2, 0.25) is 0 Å². The van der Waals surface area contributed by atoms with Crippen molar-refractivity contribution in [2.24, 2.45) is 28.6 Å². The number of carbonyl (C=O) groups is 1. The fourth-order valence-electron chi connectivity index (χ4n) is 9.46. The highest BCUT2D eigenvalue weighted by atomic mass is 16.6. The van der Waals surface area contributed by atoms with Crippen LogP contribution in [0, 0.1) is 28.6 Å². The Morgan fingerprint density at radius 3 is 2.61 bits per heavy atom. The first kappa shape index (κ1) is 24.5. The molecule has 4 saturated carbocycles. The van der Waals surface area contributed by atoms with E-state index in [4.69, 9.17) is 9.15 Å². The molecule has 5 fully saturated rings. The van der Waals surface area contributed by atoms with E-state index in [1.165, 1.54) is 6.07 Å². The molecule has 5 aliphatic rings. The number of aliphatic hydroxyl groups is 1. The molecule has 1 unspecified atom stereocenters. The molecule has 1 aromatic heterocycles. The van der Waals surface area contributed by atoms with E-state index in [1.54, 1.807) is 6.26 Å². The van der Waals surface area contributed by atoms with Crippen LogP contribution in [-0.2, 0) is 4.74 Å². The molecular formula is C29H42N2O5. The van der Waals surface area contributed by atoms with Crippen LogP contribution >= 0.6 is 0 Å². The molecule has 1 aliphatic heterocycles. The van der Waals surface area contributed by atoms with Gasteiger partial charge in [-0.15, -0.1) is 0 Å². The quantitative estimate of drug-likeness (QED) is 0.632. The summed E-state index contributed by atoms with van der Waals surface area (Å²) in [5.41, 5.74) is 0.0404. The summed E-state index contributed by atoms with van der Waals surface area (Å²) in [5, 5.41) is 15.7. The zero-order valence-corrected chi connectivity index (χ0v) is 21.8. The first-order chi connectivity index (χ1) is 17.2. The normalized spacial score (nSPS) is 44.3. The highest BCUT2D eigenvalue weighted by Gasteiger charge is 2.67. The van der Waals surface area contributed by atoms with Crippen molar-refractivity contribution in [2.75, 3.05) is 26.2 Å². The third-order valence-electron chi connectivity index (χ3n) is 11.6. The molecular weight excluding hydrogens is 456 g/mol. The topological polar surface area (TPSA) is 92.0 Å². The van der Waals surface area contributed by atoms with E-state index >= 15 is 0 Å². The summed E-state index contributed by atoms with van der Waals surface area (Å²) in [6.45, 7) is 7.88. The summed E-state index contributed by atoms with van der Waals surface area (Å²) in [6.07, 6.45) is 10.5. The van der Waals surface area contributed by atoms with E-state index in [1.807, 2.05) is 11.0 Å². The van der Waals surface area contributed by atoms with Crippen LogP contribution in [0.2, 0.25) is 0 Å². The lowest BCUT2D eigenvalue weighted by Crippen LogP contribution is -2.62. The lowest BCUT2D eigenvalue weighted by molar-refractivity contribution is -0.205. The molecule has 198 valence electrons. The lowest BCUT2D eigenvalue weighted by Gasteiger charge is -2.63. The van der Waals surface area contributed by atoms with Gasteiger partial charge in [0.25, 0.3) is 0 Å². The maximum Gasteiger partial charge on any atom is 0.410 e. The summed E-state index contributed by atoms with van der Waals surface area (Å²) in [4.78, 5) is 26.1. The van der Waals surface area contributed by atoms with Crippen molar-refractivity contribution in [1.29, 1.82) is 0 Å². The maximum absolute atomic E-state index is 12.7. The summed E-state index contributed by atoms with van der Waals surface area (Å²) in [5.74, 6) is 1.57. The van der Waals surface area contributed by atoms with Crippen molar-refractivity contribution in [3.63, 3.8) is 0 Å². The highest BCUT2D eigenvalue weighted by Crippen LogP contribution is 2.70.